The number of imide groups is 1. The number of carbonyl (C=O) groups excluding carboxylic acids is 3. The van der Waals surface area contributed by atoms with Gasteiger partial charge in [0.2, 0.25) is 0 Å². The van der Waals surface area contributed by atoms with Gasteiger partial charge in [-0.2, -0.15) is 5.01 Å². The van der Waals surface area contributed by atoms with Crippen LogP contribution < -0.4 is 15.5 Å². The molecule has 1 heterocycles. The van der Waals surface area contributed by atoms with Crippen molar-refractivity contribution in [2.24, 2.45) is 0 Å². The van der Waals surface area contributed by atoms with Gasteiger partial charge in [-0.05, 0) is 43.9 Å². The molecule has 7 nitrogen and oxygen atoms in total. The van der Waals surface area contributed by atoms with Crippen LogP contribution in [0.1, 0.15) is 35.6 Å². The topological polar surface area (TPSA) is 87.7 Å². The van der Waals surface area contributed by atoms with Crippen LogP contribution in [0.25, 0.3) is 0 Å². The zero-order valence-corrected chi connectivity index (χ0v) is 17.0. The van der Waals surface area contributed by atoms with Crippen LogP contribution in [0, 0.1) is 20.8 Å². The predicted octanol–water partition coefficient (Wildman–Crippen LogP) is 2.88. The van der Waals surface area contributed by atoms with E-state index in [9.17, 15) is 14.4 Å². The van der Waals surface area contributed by atoms with Gasteiger partial charge in [-0.3, -0.25) is 15.0 Å². The minimum Gasteiger partial charge on any atom is -0.483 e. The van der Waals surface area contributed by atoms with Crippen LogP contribution in [-0.4, -0.2) is 29.5 Å². The van der Waals surface area contributed by atoms with Gasteiger partial charge in [-0.15, -0.1) is 0 Å². The number of rotatable bonds is 6. The molecule has 0 unspecified atom stereocenters. The van der Waals surface area contributed by atoms with E-state index in [0.29, 0.717) is 17.7 Å². The molecule has 3 rings (SSSR count). The molecule has 29 heavy (non-hydrogen) atoms. The lowest BCUT2D eigenvalue weighted by Crippen LogP contribution is -2.49. The van der Waals surface area contributed by atoms with E-state index in [4.69, 9.17) is 4.74 Å². The van der Waals surface area contributed by atoms with Gasteiger partial charge in [0.05, 0.1) is 0 Å². The lowest BCUT2D eigenvalue weighted by molar-refractivity contribution is -0.140. The van der Waals surface area contributed by atoms with Gasteiger partial charge in [-0.25, -0.2) is 4.79 Å². The van der Waals surface area contributed by atoms with Crippen molar-refractivity contribution in [1.29, 1.82) is 0 Å². The van der Waals surface area contributed by atoms with Crippen molar-refractivity contribution in [3.63, 3.8) is 0 Å². The molecular weight excluding hydrogens is 370 g/mol. The van der Waals surface area contributed by atoms with Crippen LogP contribution in [-0.2, 0) is 15.1 Å². The van der Waals surface area contributed by atoms with Crippen LogP contribution in [0.5, 0.6) is 5.75 Å². The van der Waals surface area contributed by atoms with E-state index in [0.717, 1.165) is 21.7 Å². The molecule has 152 valence electrons. The molecule has 1 aliphatic rings. The predicted molar refractivity (Wildman–Crippen MR) is 108 cm³/mol. The van der Waals surface area contributed by atoms with E-state index in [1.807, 2.05) is 45.9 Å². The molecule has 1 aliphatic heterocycles. The van der Waals surface area contributed by atoms with E-state index in [1.165, 1.54) is 0 Å². The minimum absolute atomic E-state index is 0.313. The minimum atomic E-state index is -1.20. The standard InChI is InChI=1S/C22H25N3O4/c1-5-22(17-9-7-6-8-10-17)20(27)25(21(28)23-22)24-18(26)13-29-19-15(3)11-14(2)12-16(19)4/h6-12H,5,13H2,1-4H3,(H,23,28)(H,24,26)/t22-/m0/s1. The Balaban J connectivity index is 1.71. The van der Waals surface area contributed by atoms with Crippen LogP contribution in [0.3, 0.4) is 0 Å². The summed E-state index contributed by atoms with van der Waals surface area (Å²) in [5.41, 5.74) is 4.77. The second kappa shape index (κ2) is 7.95. The maximum absolute atomic E-state index is 13.0. The number of hydrogen-bond donors (Lipinski definition) is 2. The summed E-state index contributed by atoms with van der Waals surface area (Å²) in [5.74, 6) is -0.491. The Morgan fingerprint density at radius 3 is 2.31 bits per heavy atom. The molecule has 2 aromatic carbocycles. The number of urea groups is 1. The second-order valence-corrected chi connectivity index (χ2v) is 7.25. The average Bonchev–Trinajstić information content (AvgIpc) is 2.93. The summed E-state index contributed by atoms with van der Waals surface area (Å²) in [6.07, 6.45) is 0.353. The smallest absolute Gasteiger partial charge is 0.344 e. The van der Waals surface area contributed by atoms with Crippen LogP contribution >= 0.6 is 0 Å². The quantitative estimate of drug-likeness (QED) is 0.737. The molecule has 0 bridgehead atoms. The van der Waals surface area contributed by atoms with E-state index < -0.39 is 23.4 Å². The van der Waals surface area contributed by atoms with Gasteiger partial charge in [0, 0.05) is 0 Å². The van der Waals surface area contributed by atoms with Gasteiger partial charge in [0.25, 0.3) is 11.8 Å². The van der Waals surface area contributed by atoms with E-state index in [-0.39, 0.29) is 6.61 Å². The van der Waals surface area contributed by atoms with Crippen LogP contribution in [0.4, 0.5) is 4.79 Å². The van der Waals surface area contributed by atoms with Crippen molar-refractivity contribution in [3.8, 4) is 5.75 Å². The molecule has 7 heteroatoms. The third kappa shape index (κ3) is 3.81. The highest BCUT2D eigenvalue weighted by atomic mass is 16.5. The third-order valence-corrected chi connectivity index (χ3v) is 5.08. The number of aryl methyl sites for hydroxylation is 3. The number of amides is 4. The number of benzene rings is 2. The Hall–Kier alpha value is -3.35. The number of nitrogens with zero attached hydrogens (tertiary/aromatic N) is 1. The zero-order valence-electron chi connectivity index (χ0n) is 17.0. The Labute approximate surface area is 170 Å². The first kappa shape index (κ1) is 20.4. The molecular formula is C22H25N3O4. The van der Waals surface area contributed by atoms with Gasteiger partial charge >= 0.3 is 6.03 Å². The number of hydrazine groups is 1. The molecule has 1 saturated heterocycles. The lowest BCUT2D eigenvalue weighted by Gasteiger charge is -2.25. The van der Waals surface area contributed by atoms with E-state index in [2.05, 4.69) is 10.7 Å². The molecule has 0 aromatic heterocycles. The largest absolute Gasteiger partial charge is 0.483 e. The Morgan fingerprint density at radius 1 is 1.10 bits per heavy atom. The normalized spacial score (nSPS) is 18.6. The van der Waals surface area contributed by atoms with Crippen LogP contribution in [0.2, 0.25) is 0 Å². The monoisotopic (exact) mass is 395 g/mol. The summed E-state index contributed by atoms with van der Waals surface area (Å²) in [6.45, 7) is 7.29. The number of carbonyl (C=O) groups is 3. The highest BCUT2D eigenvalue weighted by Gasteiger charge is 2.52. The van der Waals surface area contributed by atoms with Gasteiger partial charge in [0.15, 0.2) is 6.61 Å². The van der Waals surface area contributed by atoms with Gasteiger partial charge in [-0.1, -0.05) is 55.0 Å². The number of ether oxygens (including phenoxy) is 1. The molecule has 2 N–H and O–H groups in total. The Kier molecular flexibility index (Phi) is 5.59. The van der Waals surface area contributed by atoms with Gasteiger partial charge < -0.3 is 10.1 Å². The van der Waals surface area contributed by atoms with Crippen molar-refractivity contribution in [2.75, 3.05) is 6.61 Å². The fraction of sp³-hybridized carbons (Fsp3) is 0.318. The SMILES string of the molecule is CC[C@@]1(c2ccccc2)NC(=O)N(NC(=O)COc2c(C)cc(C)cc2C)C1=O. The molecule has 2 aromatic rings. The van der Waals surface area contributed by atoms with E-state index >= 15 is 0 Å². The summed E-state index contributed by atoms with van der Waals surface area (Å²) >= 11 is 0. The highest BCUT2D eigenvalue weighted by molar-refractivity contribution is 6.08. The molecule has 0 saturated carbocycles. The van der Waals surface area contributed by atoms with Gasteiger partial charge in [0.1, 0.15) is 11.3 Å². The fourth-order valence-electron chi connectivity index (χ4n) is 3.73. The van der Waals surface area contributed by atoms with Crippen molar-refractivity contribution in [1.82, 2.24) is 15.8 Å². The summed E-state index contributed by atoms with van der Waals surface area (Å²) in [7, 11) is 0. The molecule has 0 spiro atoms. The van der Waals surface area contributed by atoms with E-state index in [1.54, 1.807) is 24.3 Å². The third-order valence-electron chi connectivity index (χ3n) is 5.08. The molecule has 0 aliphatic carbocycles. The first-order valence-electron chi connectivity index (χ1n) is 9.51. The number of hydrogen-bond acceptors (Lipinski definition) is 4. The average molecular weight is 395 g/mol. The van der Waals surface area contributed by atoms with Crippen molar-refractivity contribution >= 4 is 17.8 Å². The molecule has 0 radical (unpaired) electrons. The highest BCUT2D eigenvalue weighted by Crippen LogP contribution is 2.31. The maximum atomic E-state index is 13.0. The van der Waals surface area contributed by atoms with Crippen molar-refractivity contribution in [2.45, 2.75) is 39.7 Å². The van der Waals surface area contributed by atoms with Crippen LogP contribution in [0.15, 0.2) is 42.5 Å². The molecule has 1 fully saturated rings. The summed E-state index contributed by atoms with van der Waals surface area (Å²) in [4.78, 5) is 37.8. The zero-order chi connectivity index (χ0) is 21.2. The molecule has 4 amide bonds. The summed E-state index contributed by atoms with van der Waals surface area (Å²) < 4.78 is 5.65. The first-order chi connectivity index (χ1) is 13.8. The summed E-state index contributed by atoms with van der Waals surface area (Å²) in [6, 6.07) is 12.2. The maximum Gasteiger partial charge on any atom is 0.344 e. The van der Waals surface area contributed by atoms with Crippen molar-refractivity contribution < 1.29 is 19.1 Å². The Bertz CT molecular complexity index is 935. The number of nitrogens with one attached hydrogen (secondary N) is 2. The Morgan fingerprint density at radius 2 is 1.72 bits per heavy atom. The fourth-order valence-corrected chi connectivity index (χ4v) is 3.73. The molecule has 1 atom stereocenters. The summed E-state index contributed by atoms with van der Waals surface area (Å²) in [5, 5.41) is 3.45. The lowest BCUT2D eigenvalue weighted by atomic mass is 9.87. The van der Waals surface area contributed by atoms with Crippen molar-refractivity contribution in [3.05, 3.63) is 64.7 Å². The second-order valence-electron chi connectivity index (χ2n) is 7.25. The first-order valence-corrected chi connectivity index (χ1v) is 9.51.